The minimum absolute atomic E-state index is 0.105. The number of hydrogen-bond acceptors (Lipinski definition) is 5. The minimum Gasteiger partial charge on any atom is -0.459 e. The Kier molecular flexibility index (Phi) is 5.80. The molecule has 0 aliphatic carbocycles. The summed E-state index contributed by atoms with van der Waals surface area (Å²) < 4.78 is 10.1. The molecule has 0 saturated carbocycles. The number of hydrogen-bond donors (Lipinski definition) is 2. The Morgan fingerprint density at radius 1 is 1.28 bits per heavy atom. The van der Waals surface area contributed by atoms with E-state index in [9.17, 15) is 14.4 Å². The summed E-state index contributed by atoms with van der Waals surface area (Å²) in [4.78, 5) is 39.6. The Bertz CT molecular complexity index is 759. The molecule has 1 amide bonds. The fourth-order valence-electron chi connectivity index (χ4n) is 2.44. The molecule has 2 rings (SSSR count). The van der Waals surface area contributed by atoms with Crippen molar-refractivity contribution in [3.8, 4) is 0 Å². The van der Waals surface area contributed by atoms with Crippen LogP contribution in [0.2, 0.25) is 0 Å². The number of H-pyrrole nitrogens is 1. The molecule has 2 aromatic rings. The third-order valence-corrected chi connectivity index (χ3v) is 3.75. The number of aromatic amines is 1. The Labute approximate surface area is 145 Å². The first-order valence-corrected chi connectivity index (χ1v) is 8.00. The third kappa shape index (κ3) is 4.59. The molecule has 0 aromatic carbocycles. The molecule has 0 aliphatic heterocycles. The second kappa shape index (κ2) is 7.83. The Balaban J connectivity index is 1.97. The molecule has 2 aromatic heterocycles. The molecule has 134 valence electrons. The van der Waals surface area contributed by atoms with Gasteiger partial charge in [-0.2, -0.15) is 0 Å². The summed E-state index contributed by atoms with van der Waals surface area (Å²) >= 11 is 0. The molecule has 0 bridgehead atoms. The van der Waals surface area contributed by atoms with E-state index >= 15 is 0 Å². The van der Waals surface area contributed by atoms with Crippen molar-refractivity contribution >= 4 is 17.7 Å². The number of ketones is 1. The Morgan fingerprint density at radius 2 is 2.00 bits per heavy atom. The van der Waals surface area contributed by atoms with Crippen LogP contribution in [0.4, 0.5) is 0 Å². The number of carbonyl (C=O) groups excluding carboxylic acids is 3. The van der Waals surface area contributed by atoms with Crippen molar-refractivity contribution in [1.29, 1.82) is 0 Å². The summed E-state index contributed by atoms with van der Waals surface area (Å²) in [7, 11) is 0. The van der Waals surface area contributed by atoms with E-state index in [1.165, 1.54) is 12.3 Å². The maximum atomic E-state index is 12.3. The summed E-state index contributed by atoms with van der Waals surface area (Å²) in [5.74, 6) is -1.57. The van der Waals surface area contributed by atoms with Crippen molar-refractivity contribution in [2.75, 3.05) is 6.61 Å². The summed E-state index contributed by atoms with van der Waals surface area (Å²) in [5.41, 5.74) is 2.08. The van der Waals surface area contributed by atoms with Crippen molar-refractivity contribution in [2.24, 2.45) is 5.92 Å². The van der Waals surface area contributed by atoms with Crippen molar-refractivity contribution < 1.29 is 23.5 Å². The second-order valence-electron chi connectivity index (χ2n) is 6.19. The number of aryl methyl sites for hydroxylation is 2. The molecule has 7 nitrogen and oxygen atoms in total. The lowest BCUT2D eigenvalue weighted by Crippen LogP contribution is -2.45. The van der Waals surface area contributed by atoms with E-state index in [0.717, 1.165) is 11.4 Å². The van der Waals surface area contributed by atoms with Crippen LogP contribution in [-0.4, -0.2) is 35.3 Å². The average molecular weight is 346 g/mol. The molecule has 0 fully saturated rings. The Morgan fingerprint density at radius 3 is 2.52 bits per heavy atom. The third-order valence-electron chi connectivity index (χ3n) is 3.75. The van der Waals surface area contributed by atoms with E-state index in [1.807, 2.05) is 6.92 Å². The molecule has 1 atom stereocenters. The normalized spacial score (nSPS) is 12.0. The zero-order valence-electron chi connectivity index (χ0n) is 14.7. The van der Waals surface area contributed by atoms with Crippen LogP contribution in [0, 0.1) is 19.8 Å². The number of carbonyl (C=O) groups is 3. The zero-order chi connectivity index (χ0) is 18.6. The summed E-state index contributed by atoms with van der Waals surface area (Å²) in [6.45, 7) is 6.79. The molecule has 0 radical (unpaired) electrons. The van der Waals surface area contributed by atoms with Gasteiger partial charge in [0.15, 0.2) is 12.4 Å². The monoisotopic (exact) mass is 346 g/mol. The summed E-state index contributed by atoms with van der Waals surface area (Å²) in [5, 5.41) is 2.57. The highest BCUT2D eigenvalue weighted by molar-refractivity contribution is 6.00. The number of furan rings is 1. The Hall–Kier alpha value is -2.83. The van der Waals surface area contributed by atoms with Gasteiger partial charge in [-0.25, -0.2) is 4.79 Å². The van der Waals surface area contributed by atoms with E-state index in [0.29, 0.717) is 5.56 Å². The van der Waals surface area contributed by atoms with Gasteiger partial charge in [-0.15, -0.1) is 0 Å². The highest BCUT2D eigenvalue weighted by Crippen LogP contribution is 2.12. The van der Waals surface area contributed by atoms with Crippen molar-refractivity contribution in [3.05, 3.63) is 47.2 Å². The average Bonchev–Trinajstić information content (AvgIpc) is 3.19. The topological polar surface area (TPSA) is 101 Å². The van der Waals surface area contributed by atoms with Gasteiger partial charge in [0, 0.05) is 17.0 Å². The van der Waals surface area contributed by atoms with Gasteiger partial charge in [-0.3, -0.25) is 9.59 Å². The first-order chi connectivity index (χ1) is 11.8. The van der Waals surface area contributed by atoms with Crippen LogP contribution < -0.4 is 5.32 Å². The lowest BCUT2D eigenvalue weighted by molar-refractivity contribution is -0.145. The second-order valence-corrected chi connectivity index (χ2v) is 6.19. The highest BCUT2D eigenvalue weighted by Gasteiger charge is 2.27. The zero-order valence-corrected chi connectivity index (χ0v) is 14.7. The van der Waals surface area contributed by atoms with Gasteiger partial charge in [0.05, 0.1) is 6.26 Å². The molecule has 0 aliphatic rings. The molecule has 0 spiro atoms. The van der Waals surface area contributed by atoms with Gasteiger partial charge in [-0.1, -0.05) is 13.8 Å². The number of Topliss-reactive ketones (excluding diaryl/α,β-unsaturated/α-hetero) is 1. The standard InChI is InChI=1S/C18H22N2O5/c1-10(2)16(20-17(22)15-6-5-7-24-15)18(23)25-9-14(21)13-8-11(3)19-12(13)4/h5-8,10,16,19H,9H2,1-4H3,(H,20,22)/t16-/m0/s1. The van der Waals surface area contributed by atoms with Gasteiger partial charge in [0.1, 0.15) is 6.04 Å². The summed E-state index contributed by atoms with van der Waals surface area (Å²) in [6, 6.07) is 3.92. The molecule has 7 heteroatoms. The van der Waals surface area contributed by atoms with Crippen LogP contribution in [0.25, 0.3) is 0 Å². The number of nitrogens with one attached hydrogen (secondary N) is 2. The number of aromatic nitrogens is 1. The van der Waals surface area contributed by atoms with Crippen molar-refractivity contribution in [2.45, 2.75) is 33.7 Å². The number of amides is 1. The van der Waals surface area contributed by atoms with Crippen molar-refractivity contribution in [1.82, 2.24) is 10.3 Å². The first-order valence-electron chi connectivity index (χ1n) is 8.00. The number of ether oxygens (including phenoxy) is 1. The SMILES string of the molecule is Cc1cc(C(=O)COC(=O)[C@@H](NC(=O)c2ccco2)C(C)C)c(C)[nH]1. The van der Waals surface area contributed by atoms with Gasteiger partial charge >= 0.3 is 5.97 Å². The fourth-order valence-corrected chi connectivity index (χ4v) is 2.44. The predicted octanol–water partition coefficient (Wildman–Crippen LogP) is 2.41. The van der Waals surface area contributed by atoms with Gasteiger partial charge < -0.3 is 19.5 Å². The lowest BCUT2D eigenvalue weighted by atomic mass is 10.0. The molecular weight excluding hydrogens is 324 g/mol. The van der Waals surface area contributed by atoms with Crippen LogP contribution in [0.15, 0.2) is 28.9 Å². The van der Waals surface area contributed by atoms with E-state index in [2.05, 4.69) is 10.3 Å². The number of rotatable bonds is 7. The maximum absolute atomic E-state index is 12.3. The molecule has 2 heterocycles. The molecule has 0 unspecified atom stereocenters. The molecule has 0 saturated heterocycles. The lowest BCUT2D eigenvalue weighted by Gasteiger charge is -2.20. The first kappa shape index (κ1) is 18.5. The largest absolute Gasteiger partial charge is 0.459 e. The molecule has 25 heavy (non-hydrogen) atoms. The highest BCUT2D eigenvalue weighted by atomic mass is 16.5. The van der Waals surface area contributed by atoms with Gasteiger partial charge in [-0.05, 0) is 38.0 Å². The summed E-state index contributed by atoms with van der Waals surface area (Å²) in [6.07, 6.45) is 1.37. The van der Waals surface area contributed by atoms with E-state index in [-0.39, 0.29) is 24.1 Å². The van der Waals surface area contributed by atoms with Crippen LogP contribution in [-0.2, 0) is 9.53 Å². The minimum atomic E-state index is -0.876. The van der Waals surface area contributed by atoms with Gasteiger partial charge in [0.2, 0.25) is 5.78 Å². The predicted molar refractivity (Wildman–Crippen MR) is 90.4 cm³/mol. The van der Waals surface area contributed by atoms with Crippen LogP contribution in [0.3, 0.4) is 0 Å². The quantitative estimate of drug-likeness (QED) is 0.592. The molecule has 2 N–H and O–H groups in total. The van der Waals surface area contributed by atoms with Crippen LogP contribution in [0.5, 0.6) is 0 Å². The van der Waals surface area contributed by atoms with Crippen molar-refractivity contribution in [3.63, 3.8) is 0 Å². The van der Waals surface area contributed by atoms with Crippen LogP contribution >= 0.6 is 0 Å². The maximum Gasteiger partial charge on any atom is 0.329 e. The van der Waals surface area contributed by atoms with E-state index < -0.39 is 17.9 Å². The smallest absolute Gasteiger partial charge is 0.329 e. The van der Waals surface area contributed by atoms with Crippen LogP contribution in [0.1, 0.15) is 46.1 Å². The molecular formula is C18H22N2O5. The fraction of sp³-hybridized carbons (Fsp3) is 0.389. The van der Waals surface area contributed by atoms with E-state index in [1.54, 1.807) is 32.9 Å². The van der Waals surface area contributed by atoms with Gasteiger partial charge in [0.25, 0.3) is 5.91 Å². The van der Waals surface area contributed by atoms with E-state index in [4.69, 9.17) is 9.15 Å². The number of esters is 1.